The molecule has 1 aromatic rings. The molecule has 0 spiro atoms. The molecule has 0 unspecified atom stereocenters. The van der Waals surface area contributed by atoms with Crippen molar-refractivity contribution in [1.82, 2.24) is 4.90 Å². The highest BCUT2D eigenvalue weighted by molar-refractivity contribution is 5.91. The van der Waals surface area contributed by atoms with E-state index in [-0.39, 0.29) is 12.3 Å². The summed E-state index contributed by atoms with van der Waals surface area (Å²) in [4.78, 5) is 13.7. The minimum atomic E-state index is -0.257. The van der Waals surface area contributed by atoms with Crippen LogP contribution in [0, 0.1) is 11.3 Å². The summed E-state index contributed by atoms with van der Waals surface area (Å²) in [7, 11) is 0. The molecule has 1 amide bonds. The standard InChI is InChI=1S/C15H19N3O/c16-9-7-15(19)17-14-5-3-13(4-6-14)8-12-18-10-1-2-11-18/h3-6H,1-2,7-8,10-12H2,(H,17,19). The molecule has 0 saturated carbocycles. The van der Waals surface area contributed by atoms with Crippen LogP contribution in [0.1, 0.15) is 24.8 Å². The predicted molar refractivity (Wildman–Crippen MR) is 74.7 cm³/mol. The number of carbonyl (C=O) groups is 1. The highest BCUT2D eigenvalue weighted by atomic mass is 16.1. The van der Waals surface area contributed by atoms with Crippen molar-refractivity contribution < 1.29 is 4.79 Å². The number of anilines is 1. The molecular formula is C15H19N3O. The average Bonchev–Trinajstić information content (AvgIpc) is 2.91. The second-order valence-electron chi connectivity index (χ2n) is 4.88. The number of nitrogens with one attached hydrogen (secondary N) is 1. The second-order valence-corrected chi connectivity index (χ2v) is 4.88. The zero-order valence-corrected chi connectivity index (χ0v) is 11.1. The first-order valence-electron chi connectivity index (χ1n) is 6.76. The maximum Gasteiger partial charge on any atom is 0.238 e. The largest absolute Gasteiger partial charge is 0.325 e. The van der Waals surface area contributed by atoms with Gasteiger partial charge in [0, 0.05) is 12.2 Å². The molecule has 19 heavy (non-hydrogen) atoms. The van der Waals surface area contributed by atoms with E-state index in [0.717, 1.165) is 18.7 Å². The van der Waals surface area contributed by atoms with Crippen LogP contribution >= 0.6 is 0 Å². The summed E-state index contributed by atoms with van der Waals surface area (Å²) in [6, 6.07) is 9.71. The first-order valence-corrected chi connectivity index (χ1v) is 6.76. The second kappa shape index (κ2) is 6.91. The SMILES string of the molecule is N#CCC(=O)Nc1ccc(CCN2CCCC2)cc1. The number of hydrogen-bond acceptors (Lipinski definition) is 3. The topological polar surface area (TPSA) is 56.1 Å². The monoisotopic (exact) mass is 257 g/mol. The Bertz CT molecular complexity index is 455. The summed E-state index contributed by atoms with van der Waals surface area (Å²) in [5.41, 5.74) is 2.04. The normalized spacial score (nSPS) is 15.1. The van der Waals surface area contributed by atoms with E-state index in [1.54, 1.807) is 0 Å². The molecule has 4 nitrogen and oxygen atoms in total. The van der Waals surface area contributed by atoms with Crippen molar-refractivity contribution in [1.29, 1.82) is 5.26 Å². The van der Waals surface area contributed by atoms with Crippen molar-refractivity contribution in [3.8, 4) is 6.07 Å². The minimum Gasteiger partial charge on any atom is -0.325 e. The summed E-state index contributed by atoms with van der Waals surface area (Å²) < 4.78 is 0. The summed E-state index contributed by atoms with van der Waals surface area (Å²) in [5.74, 6) is -0.257. The zero-order valence-electron chi connectivity index (χ0n) is 11.1. The van der Waals surface area contributed by atoms with Crippen LogP contribution in [0.4, 0.5) is 5.69 Å². The molecular weight excluding hydrogens is 238 g/mol. The van der Waals surface area contributed by atoms with E-state index in [4.69, 9.17) is 5.26 Å². The van der Waals surface area contributed by atoms with Crippen molar-refractivity contribution >= 4 is 11.6 Å². The van der Waals surface area contributed by atoms with Gasteiger partial charge in [-0.05, 0) is 50.0 Å². The lowest BCUT2D eigenvalue weighted by atomic mass is 10.1. The number of benzene rings is 1. The van der Waals surface area contributed by atoms with Crippen molar-refractivity contribution in [2.24, 2.45) is 0 Å². The molecule has 1 aliphatic heterocycles. The van der Waals surface area contributed by atoms with Crippen LogP contribution in [0.15, 0.2) is 24.3 Å². The molecule has 0 radical (unpaired) electrons. The van der Waals surface area contributed by atoms with Crippen LogP contribution in [0.2, 0.25) is 0 Å². The number of amides is 1. The molecule has 1 saturated heterocycles. The van der Waals surface area contributed by atoms with Crippen LogP contribution in [-0.2, 0) is 11.2 Å². The van der Waals surface area contributed by atoms with Crippen LogP contribution < -0.4 is 5.32 Å². The van der Waals surface area contributed by atoms with Crippen LogP contribution in [0.5, 0.6) is 0 Å². The van der Waals surface area contributed by atoms with Crippen molar-refractivity contribution in [2.45, 2.75) is 25.7 Å². The van der Waals surface area contributed by atoms with Crippen molar-refractivity contribution in [2.75, 3.05) is 25.0 Å². The lowest BCUT2D eigenvalue weighted by Gasteiger charge is -2.14. The Morgan fingerprint density at radius 1 is 1.26 bits per heavy atom. The molecule has 0 aliphatic carbocycles. The van der Waals surface area contributed by atoms with E-state index in [1.165, 1.54) is 31.5 Å². The Labute approximate surface area is 114 Å². The fourth-order valence-electron chi connectivity index (χ4n) is 2.33. The number of nitriles is 1. The Balaban J connectivity index is 1.80. The number of carbonyl (C=O) groups excluding carboxylic acids is 1. The molecule has 1 fully saturated rings. The van der Waals surface area contributed by atoms with E-state index in [9.17, 15) is 4.79 Å². The van der Waals surface area contributed by atoms with Gasteiger partial charge in [-0.3, -0.25) is 4.79 Å². The van der Waals surface area contributed by atoms with Gasteiger partial charge in [-0.2, -0.15) is 5.26 Å². The lowest BCUT2D eigenvalue weighted by Crippen LogP contribution is -2.21. The van der Waals surface area contributed by atoms with Gasteiger partial charge < -0.3 is 10.2 Å². The summed E-state index contributed by atoms with van der Waals surface area (Å²) in [6.45, 7) is 3.56. The van der Waals surface area contributed by atoms with E-state index in [1.807, 2.05) is 30.3 Å². The fourth-order valence-corrected chi connectivity index (χ4v) is 2.33. The molecule has 1 heterocycles. The van der Waals surface area contributed by atoms with Gasteiger partial charge in [0.1, 0.15) is 6.42 Å². The number of hydrogen-bond donors (Lipinski definition) is 1. The summed E-state index contributed by atoms with van der Waals surface area (Å²) in [6.07, 6.45) is 3.59. The van der Waals surface area contributed by atoms with Crippen molar-refractivity contribution in [3.63, 3.8) is 0 Å². The molecule has 100 valence electrons. The zero-order chi connectivity index (χ0) is 13.5. The van der Waals surface area contributed by atoms with Gasteiger partial charge in [-0.25, -0.2) is 0 Å². The lowest BCUT2D eigenvalue weighted by molar-refractivity contribution is -0.115. The molecule has 0 bridgehead atoms. The molecule has 4 heteroatoms. The predicted octanol–water partition coefficient (Wildman–Crippen LogP) is 2.18. The Morgan fingerprint density at radius 3 is 2.58 bits per heavy atom. The maximum atomic E-state index is 11.3. The first-order chi connectivity index (χ1) is 9.28. The van der Waals surface area contributed by atoms with Crippen LogP contribution in [0.3, 0.4) is 0 Å². The average molecular weight is 257 g/mol. The van der Waals surface area contributed by atoms with Gasteiger partial charge >= 0.3 is 0 Å². The third kappa shape index (κ3) is 4.38. The van der Waals surface area contributed by atoms with Gasteiger partial charge in [-0.15, -0.1) is 0 Å². The minimum absolute atomic E-state index is 0.100. The Morgan fingerprint density at radius 2 is 1.95 bits per heavy atom. The molecule has 1 aliphatic rings. The number of nitrogens with zero attached hydrogens (tertiary/aromatic N) is 2. The van der Waals surface area contributed by atoms with Gasteiger partial charge in [0.25, 0.3) is 0 Å². The summed E-state index contributed by atoms with van der Waals surface area (Å²) >= 11 is 0. The van der Waals surface area contributed by atoms with Gasteiger partial charge in [0.15, 0.2) is 0 Å². The molecule has 0 aromatic heterocycles. The van der Waals surface area contributed by atoms with Crippen LogP contribution in [-0.4, -0.2) is 30.4 Å². The molecule has 1 aromatic carbocycles. The molecule has 2 rings (SSSR count). The highest BCUT2D eigenvalue weighted by Crippen LogP contribution is 2.12. The fraction of sp³-hybridized carbons (Fsp3) is 0.467. The quantitative estimate of drug-likeness (QED) is 0.879. The summed E-state index contributed by atoms with van der Waals surface area (Å²) in [5, 5.41) is 11.1. The molecule has 1 N–H and O–H groups in total. The number of rotatable bonds is 5. The van der Waals surface area contributed by atoms with Gasteiger partial charge in [0.05, 0.1) is 6.07 Å². The van der Waals surface area contributed by atoms with Crippen molar-refractivity contribution in [3.05, 3.63) is 29.8 Å². The third-order valence-electron chi connectivity index (χ3n) is 3.39. The van der Waals surface area contributed by atoms with Gasteiger partial charge in [0.2, 0.25) is 5.91 Å². The smallest absolute Gasteiger partial charge is 0.238 e. The number of likely N-dealkylation sites (tertiary alicyclic amines) is 1. The first kappa shape index (κ1) is 13.6. The highest BCUT2D eigenvalue weighted by Gasteiger charge is 2.10. The maximum absolute atomic E-state index is 11.3. The Kier molecular flexibility index (Phi) is 4.93. The van der Waals surface area contributed by atoms with E-state index in [2.05, 4.69) is 10.2 Å². The van der Waals surface area contributed by atoms with Crippen LogP contribution in [0.25, 0.3) is 0 Å². The van der Waals surface area contributed by atoms with Gasteiger partial charge in [-0.1, -0.05) is 12.1 Å². The van der Waals surface area contributed by atoms with E-state index >= 15 is 0 Å². The molecule has 0 atom stereocenters. The Hall–Kier alpha value is -1.86. The van der Waals surface area contributed by atoms with E-state index in [0.29, 0.717) is 0 Å². The third-order valence-corrected chi connectivity index (χ3v) is 3.39. The van der Waals surface area contributed by atoms with E-state index < -0.39 is 0 Å².